The molecule has 0 aliphatic carbocycles. The van der Waals surface area contributed by atoms with Crippen LogP contribution in [0.15, 0.2) is 0 Å². The van der Waals surface area contributed by atoms with E-state index < -0.39 is 5.97 Å². The van der Waals surface area contributed by atoms with Gasteiger partial charge < -0.3 is 5.11 Å². The van der Waals surface area contributed by atoms with E-state index in [0.29, 0.717) is 6.42 Å². The van der Waals surface area contributed by atoms with Crippen LogP contribution in [0.25, 0.3) is 0 Å². The van der Waals surface area contributed by atoms with Crippen molar-refractivity contribution in [3.05, 3.63) is 0 Å². The summed E-state index contributed by atoms with van der Waals surface area (Å²) < 4.78 is 0. The number of hydrogen-bond acceptors (Lipinski definition) is 1. The number of halogens is 1. The van der Waals surface area contributed by atoms with Crippen LogP contribution >= 0.6 is 28.4 Å². The van der Waals surface area contributed by atoms with Crippen LogP contribution in [0.3, 0.4) is 0 Å². The molecule has 2 nitrogen and oxygen atoms in total. The second-order valence-corrected chi connectivity index (χ2v) is 16.8. The summed E-state index contributed by atoms with van der Waals surface area (Å²) in [4.78, 5) is 10.4. The third-order valence-electron chi connectivity index (χ3n) is 4.63. The van der Waals surface area contributed by atoms with Gasteiger partial charge in [0.05, 0.1) is 0 Å². The number of unbranched alkanes of at least 4 members (excludes halogenated alkanes) is 12. The smallest absolute Gasteiger partial charge is 0.303 e. The van der Waals surface area contributed by atoms with Gasteiger partial charge in [-0.25, -0.2) is 0 Å². The number of aliphatic carboxylic acids is 1. The highest BCUT2D eigenvalue weighted by molar-refractivity contribution is 14.2. The van der Waals surface area contributed by atoms with E-state index in [4.69, 9.17) is 5.11 Å². The first-order valence-electron chi connectivity index (χ1n) is 10.1. The molecule has 0 aromatic heterocycles. The van der Waals surface area contributed by atoms with Crippen LogP contribution in [0.5, 0.6) is 0 Å². The van der Waals surface area contributed by atoms with Crippen LogP contribution < -0.4 is 0 Å². The molecule has 4 heteroatoms. The van der Waals surface area contributed by atoms with Crippen LogP contribution in [-0.2, 0) is 4.79 Å². The highest BCUT2D eigenvalue weighted by atomic mass is 127. The summed E-state index contributed by atoms with van der Waals surface area (Å²) in [6.07, 6.45) is 21.3. The number of rotatable bonds is 18. The summed E-state index contributed by atoms with van der Waals surface area (Å²) in [5.74, 6) is 2.25. The molecule has 0 aliphatic rings. The lowest BCUT2D eigenvalue weighted by atomic mass is 10.1. The normalized spacial score (nSPS) is 15.1. The topological polar surface area (TPSA) is 37.3 Å². The Kier molecular flexibility index (Phi) is 17.4. The third-order valence-corrected chi connectivity index (χ3v) is 9.56. The zero-order valence-corrected chi connectivity index (χ0v) is 19.1. The second-order valence-electron chi connectivity index (χ2n) is 7.30. The quantitative estimate of drug-likeness (QED) is 0.164. The maximum Gasteiger partial charge on any atom is 0.303 e. The Labute approximate surface area is 164 Å². The fourth-order valence-corrected chi connectivity index (χ4v) is 6.71. The number of hydrogen-bond donors (Lipinski definition) is 1. The maximum absolute atomic E-state index is 10.4. The number of carbonyl (C=O) groups is 1. The maximum atomic E-state index is 10.4. The molecule has 1 N–H and O–H groups in total. The molecule has 0 bridgehead atoms. The molecule has 0 saturated heterocycles. The standard InChI is InChI=1S/C20H41IO2S/c1-3-4-5-6-12-15-18-24(2,21)19-16-13-10-8-7-9-11-14-17-20(22)23/h3-19H2,1-2H3,(H,22,23). The Hall–Kier alpha value is 0.550. The average Bonchev–Trinajstić information content (AvgIpc) is 2.52. The Morgan fingerprint density at radius 3 is 1.54 bits per heavy atom. The molecule has 0 fully saturated rings. The summed E-state index contributed by atoms with van der Waals surface area (Å²) in [5.41, 5.74) is 0. The molecule has 0 aromatic rings. The van der Waals surface area contributed by atoms with Crippen molar-refractivity contribution < 1.29 is 9.90 Å². The lowest BCUT2D eigenvalue weighted by Crippen LogP contribution is -2.01. The lowest BCUT2D eigenvalue weighted by molar-refractivity contribution is -0.137. The summed E-state index contributed by atoms with van der Waals surface area (Å²) in [7, 11) is -0.373. The summed E-state index contributed by atoms with van der Waals surface area (Å²) in [5, 5.41) is 8.58. The Morgan fingerprint density at radius 1 is 0.750 bits per heavy atom. The van der Waals surface area contributed by atoms with Crippen molar-refractivity contribution in [2.24, 2.45) is 0 Å². The van der Waals surface area contributed by atoms with Crippen molar-refractivity contribution in [2.45, 2.75) is 103 Å². The van der Waals surface area contributed by atoms with E-state index in [-0.39, 0.29) is 7.20 Å². The fraction of sp³-hybridized carbons (Fsp3) is 0.950. The van der Waals surface area contributed by atoms with Gasteiger partial charge in [-0.15, -0.1) is 0 Å². The van der Waals surface area contributed by atoms with Gasteiger partial charge in [-0.05, 0) is 58.2 Å². The molecule has 0 saturated carbocycles. The molecule has 0 heterocycles. The molecule has 1 unspecified atom stereocenters. The van der Waals surface area contributed by atoms with Crippen LogP contribution in [0.1, 0.15) is 103 Å². The van der Waals surface area contributed by atoms with Gasteiger partial charge in [-0.1, -0.05) is 77.6 Å². The van der Waals surface area contributed by atoms with E-state index in [2.05, 4.69) is 34.4 Å². The van der Waals surface area contributed by atoms with E-state index in [1.165, 1.54) is 88.6 Å². The predicted molar refractivity (Wildman–Crippen MR) is 120 cm³/mol. The Morgan fingerprint density at radius 2 is 1.12 bits per heavy atom. The highest BCUT2D eigenvalue weighted by Crippen LogP contribution is 2.54. The molecule has 146 valence electrons. The van der Waals surface area contributed by atoms with Crippen molar-refractivity contribution in [3.63, 3.8) is 0 Å². The zero-order valence-electron chi connectivity index (χ0n) is 16.2. The first-order chi connectivity index (χ1) is 11.5. The molecule has 1 atom stereocenters. The van der Waals surface area contributed by atoms with Crippen molar-refractivity contribution in [1.82, 2.24) is 0 Å². The minimum atomic E-state index is -0.652. The summed E-state index contributed by atoms with van der Waals surface area (Å²) >= 11 is 2.77. The molecule has 0 aromatic carbocycles. The lowest BCUT2D eigenvalue weighted by Gasteiger charge is -2.28. The molecule has 24 heavy (non-hydrogen) atoms. The van der Waals surface area contributed by atoms with E-state index in [9.17, 15) is 4.79 Å². The van der Waals surface area contributed by atoms with Crippen molar-refractivity contribution in [3.8, 4) is 0 Å². The van der Waals surface area contributed by atoms with Gasteiger partial charge >= 0.3 is 5.97 Å². The van der Waals surface area contributed by atoms with Gasteiger partial charge in [-0.3, -0.25) is 4.79 Å². The van der Waals surface area contributed by atoms with E-state index in [1.807, 2.05) is 0 Å². The molecule has 0 rings (SSSR count). The van der Waals surface area contributed by atoms with Crippen LogP contribution in [-0.4, -0.2) is 28.8 Å². The third kappa shape index (κ3) is 18.9. The van der Waals surface area contributed by atoms with Gasteiger partial charge in [0.2, 0.25) is 0 Å². The largest absolute Gasteiger partial charge is 0.481 e. The van der Waals surface area contributed by atoms with Crippen LogP contribution in [0.2, 0.25) is 0 Å². The van der Waals surface area contributed by atoms with Gasteiger partial charge in [0.25, 0.3) is 0 Å². The van der Waals surface area contributed by atoms with E-state index in [1.54, 1.807) is 0 Å². The first kappa shape index (κ1) is 24.6. The Balaban J connectivity index is 3.34. The molecule has 0 spiro atoms. The zero-order chi connectivity index (χ0) is 18.1. The molecular weight excluding hydrogens is 431 g/mol. The fourth-order valence-electron chi connectivity index (χ4n) is 3.03. The van der Waals surface area contributed by atoms with Crippen molar-refractivity contribution in [2.75, 3.05) is 17.8 Å². The Bertz CT molecular complexity index is 295. The summed E-state index contributed by atoms with van der Waals surface area (Å²) in [6.45, 7) is 2.28. The minimum Gasteiger partial charge on any atom is -0.481 e. The van der Waals surface area contributed by atoms with Gasteiger partial charge in [-0.2, -0.15) is 7.20 Å². The summed E-state index contributed by atoms with van der Waals surface area (Å²) in [6, 6.07) is 0. The van der Waals surface area contributed by atoms with Crippen molar-refractivity contribution in [1.29, 1.82) is 0 Å². The van der Waals surface area contributed by atoms with Gasteiger partial charge in [0.1, 0.15) is 0 Å². The van der Waals surface area contributed by atoms with Crippen molar-refractivity contribution >= 4 is 34.4 Å². The van der Waals surface area contributed by atoms with Crippen LogP contribution in [0.4, 0.5) is 0 Å². The van der Waals surface area contributed by atoms with E-state index in [0.717, 1.165) is 12.8 Å². The first-order valence-corrected chi connectivity index (χ1v) is 15.1. The molecule has 0 radical (unpaired) electrons. The second kappa shape index (κ2) is 17.0. The SMILES string of the molecule is CCCCCCCCS(C)(I)CCCCCCCCCCC(=O)O. The molecule has 0 aliphatic heterocycles. The molecule has 0 amide bonds. The highest BCUT2D eigenvalue weighted by Gasteiger charge is 2.12. The van der Waals surface area contributed by atoms with Gasteiger partial charge in [0.15, 0.2) is 0 Å². The minimum absolute atomic E-state index is 0.343. The van der Waals surface area contributed by atoms with Gasteiger partial charge in [0, 0.05) is 6.42 Å². The van der Waals surface area contributed by atoms with E-state index >= 15 is 0 Å². The monoisotopic (exact) mass is 472 g/mol. The number of carboxylic acid groups (broad SMARTS) is 1. The van der Waals surface area contributed by atoms with Crippen LogP contribution in [0, 0.1) is 0 Å². The average molecular weight is 473 g/mol. The predicted octanol–water partition coefficient (Wildman–Crippen LogP) is 7.73. The molecular formula is C20H41IO2S. The number of carboxylic acids is 1.